The number of hydrogen-bond donors (Lipinski definition) is 1. The minimum atomic E-state index is 0.225. The van der Waals surface area contributed by atoms with Crippen LogP contribution in [0, 0.1) is 5.92 Å². The molecule has 68 valence electrons. The molecule has 1 aromatic rings. The Balaban J connectivity index is 2.24. The third-order valence-corrected chi connectivity index (χ3v) is 2.13. The van der Waals surface area contributed by atoms with Crippen molar-refractivity contribution in [1.29, 1.82) is 0 Å². The number of nitrogen functional groups attached to an aromatic ring is 1. The Labute approximate surface area is 77.0 Å². The maximum Gasteiger partial charge on any atom is 0.292 e. The minimum Gasteiger partial charge on any atom is -0.432 e. The topological polar surface area (TPSA) is 52.0 Å². The van der Waals surface area contributed by atoms with Crippen LogP contribution in [0.5, 0.6) is 0 Å². The van der Waals surface area contributed by atoms with Crippen LogP contribution in [0.2, 0.25) is 0 Å². The molecule has 1 atom stereocenters. The molecular weight excluding hydrogens is 164 g/mol. The summed E-state index contributed by atoms with van der Waals surface area (Å²) >= 11 is 0. The molecule has 1 aliphatic carbocycles. The number of nitrogens with two attached hydrogens (primary N) is 1. The van der Waals surface area contributed by atoms with Gasteiger partial charge in [0, 0.05) is 0 Å². The van der Waals surface area contributed by atoms with Crippen LogP contribution in [-0.4, -0.2) is 4.98 Å². The summed E-state index contributed by atoms with van der Waals surface area (Å²) in [6.07, 6.45) is 9.02. The van der Waals surface area contributed by atoms with Crippen LogP contribution in [-0.2, 0) is 0 Å². The van der Waals surface area contributed by atoms with E-state index in [2.05, 4.69) is 30.1 Å². The molecule has 0 saturated carbocycles. The van der Waals surface area contributed by atoms with E-state index in [9.17, 15) is 0 Å². The molecule has 0 radical (unpaired) electrons. The fraction of sp³-hybridized carbons (Fsp3) is 0.300. The normalized spacial score (nSPS) is 21.6. The maximum absolute atomic E-state index is 5.38. The van der Waals surface area contributed by atoms with Crippen molar-refractivity contribution < 1.29 is 4.42 Å². The van der Waals surface area contributed by atoms with E-state index in [1.807, 2.05) is 0 Å². The van der Waals surface area contributed by atoms with Gasteiger partial charge in [-0.2, -0.15) is 4.98 Å². The molecule has 2 rings (SSSR count). The van der Waals surface area contributed by atoms with Gasteiger partial charge in [0.15, 0.2) is 0 Å². The molecule has 0 bridgehead atoms. The average Bonchev–Trinajstić information content (AvgIpc) is 2.53. The standard InChI is InChI=1S/C10H12N2O/c1-7-2-4-8(5-3-7)9-6-13-10(11)12-9/h2,4-7H,3H2,1H3,(H2,11,12). The first-order valence-corrected chi connectivity index (χ1v) is 4.35. The van der Waals surface area contributed by atoms with Crippen molar-refractivity contribution in [3.8, 4) is 0 Å². The van der Waals surface area contributed by atoms with E-state index in [0.29, 0.717) is 5.92 Å². The van der Waals surface area contributed by atoms with E-state index < -0.39 is 0 Å². The van der Waals surface area contributed by atoms with Crippen molar-refractivity contribution in [2.45, 2.75) is 13.3 Å². The molecule has 3 heteroatoms. The highest BCUT2D eigenvalue weighted by molar-refractivity contribution is 5.72. The molecule has 1 aromatic heterocycles. The zero-order chi connectivity index (χ0) is 9.26. The summed E-state index contributed by atoms with van der Waals surface area (Å²) in [7, 11) is 0. The van der Waals surface area contributed by atoms with Crippen LogP contribution in [0.4, 0.5) is 6.01 Å². The number of aromatic nitrogens is 1. The first-order valence-electron chi connectivity index (χ1n) is 4.35. The van der Waals surface area contributed by atoms with Gasteiger partial charge < -0.3 is 10.2 Å². The lowest BCUT2D eigenvalue weighted by Gasteiger charge is -2.08. The smallest absolute Gasteiger partial charge is 0.292 e. The SMILES string of the molecule is CC1C=CC(c2coc(N)n2)=CC1. The highest BCUT2D eigenvalue weighted by atomic mass is 16.4. The summed E-state index contributed by atoms with van der Waals surface area (Å²) in [5.41, 5.74) is 7.30. The molecule has 1 unspecified atom stereocenters. The Morgan fingerprint density at radius 1 is 1.62 bits per heavy atom. The third kappa shape index (κ3) is 1.64. The summed E-state index contributed by atoms with van der Waals surface area (Å²) in [4.78, 5) is 4.05. The highest BCUT2D eigenvalue weighted by Crippen LogP contribution is 2.23. The number of rotatable bonds is 1. The van der Waals surface area contributed by atoms with Crippen LogP contribution >= 0.6 is 0 Å². The summed E-state index contributed by atoms with van der Waals surface area (Å²) in [5.74, 6) is 0.619. The largest absolute Gasteiger partial charge is 0.432 e. The zero-order valence-corrected chi connectivity index (χ0v) is 7.53. The summed E-state index contributed by atoms with van der Waals surface area (Å²) in [5, 5.41) is 0. The Morgan fingerprint density at radius 3 is 3.00 bits per heavy atom. The van der Waals surface area contributed by atoms with Crippen LogP contribution in [0.25, 0.3) is 5.57 Å². The number of oxazole rings is 1. The van der Waals surface area contributed by atoms with Crippen molar-refractivity contribution in [3.63, 3.8) is 0 Å². The average molecular weight is 176 g/mol. The number of allylic oxidation sites excluding steroid dienone is 4. The molecule has 0 fully saturated rings. The maximum atomic E-state index is 5.38. The van der Waals surface area contributed by atoms with Gasteiger partial charge in [-0.1, -0.05) is 25.2 Å². The molecule has 0 aliphatic heterocycles. The second kappa shape index (κ2) is 3.09. The molecule has 0 amide bonds. The van der Waals surface area contributed by atoms with Gasteiger partial charge in [-0.3, -0.25) is 0 Å². The number of nitrogens with zero attached hydrogens (tertiary/aromatic N) is 1. The predicted octanol–water partition coefficient (Wildman–Crippen LogP) is 2.24. The molecule has 3 nitrogen and oxygen atoms in total. The molecule has 1 heterocycles. The van der Waals surface area contributed by atoms with E-state index in [0.717, 1.165) is 17.7 Å². The zero-order valence-electron chi connectivity index (χ0n) is 7.53. The second-order valence-corrected chi connectivity index (χ2v) is 3.30. The van der Waals surface area contributed by atoms with Gasteiger partial charge in [0.2, 0.25) is 0 Å². The fourth-order valence-electron chi connectivity index (χ4n) is 1.34. The first kappa shape index (κ1) is 8.10. The minimum absolute atomic E-state index is 0.225. The van der Waals surface area contributed by atoms with Gasteiger partial charge in [0.25, 0.3) is 6.01 Å². The molecular formula is C10H12N2O. The van der Waals surface area contributed by atoms with Crippen molar-refractivity contribution in [1.82, 2.24) is 4.98 Å². The third-order valence-electron chi connectivity index (χ3n) is 2.13. The van der Waals surface area contributed by atoms with Crippen molar-refractivity contribution >= 4 is 11.6 Å². The van der Waals surface area contributed by atoms with Crippen molar-refractivity contribution in [3.05, 3.63) is 30.2 Å². The quantitative estimate of drug-likeness (QED) is 0.713. The van der Waals surface area contributed by atoms with Gasteiger partial charge in [-0.15, -0.1) is 0 Å². The van der Waals surface area contributed by atoms with Crippen LogP contribution < -0.4 is 5.73 Å². The van der Waals surface area contributed by atoms with Gasteiger partial charge in [0.05, 0.1) is 0 Å². The molecule has 0 saturated heterocycles. The first-order chi connectivity index (χ1) is 6.25. The molecule has 2 N–H and O–H groups in total. The molecule has 1 aliphatic rings. The van der Waals surface area contributed by atoms with E-state index in [1.165, 1.54) is 0 Å². The fourth-order valence-corrected chi connectivity index (χ4v) is 1.34. The van der Waals surface area contributed by atoms with E-state index >= 15 is 0 Å². The van der Waals surface area contributed by atoms with E-state index in [4.69, 9.17) is 10.2 Å². The summed E-state index contributed by atoms with van der Waals surface area (Å²) < 4.78 is 4.94. The van der Waals surface area contributed by atoms with Crippen LogP contribution in [0.3, 0.4) is 0 Å². The second-order valence-electron chi connectivity index (χ2n) is 3.30. The van der Waals surface area contributed by atoms with Gasteiger partial charge in [-0.05, 0) is 17.9 Å². The van der Waals surface area contributed by atoms with Crippen molar-refractivity contribution in [2.75, 3.05) is 5.73 Å². The lowest BCUT2D eigenvalue weighted by atomic mass is 9.97. The number of anilines is 1. The molecule has 0 aromatic carbocycles. The Hall–Kier alpha value is -1.51. The Kier molecular flexibility index (Phi) is 1.93. The van der Waals surface area contributed by atoms with E-state index in [1.54, 1.807) is 6.26 Å². The van der Waals surface area contributed by atoms with Crippen molar-refractivity contribution in [2.24, 2.45) is 5.92 Å². The highest BCUT2D eigenvalue weighted by Gasteiger charge is 2.08. The monoisotopic (exact) mass is 176 g/mol. The Bertz CT molecular complexity index is 363. The molecule has 13 heavy (non-hydrogen) atoms. The predicted molar refractivity (Wildman–Crippen MR) is 51.8 cm³/mol. The summed E-state index contributed by atoms with van der Waals surface area (Å²) in [6.45, 7) is 2.18. The lowest BCUT2D eigenvalue weighted by Crippen LogP contribution is -1.94. The van der Waals surface area contributed by atoms with Crippen LogP contribution in [0.1, 0.15) is 19.0 Å². The molecule has 0 spiro atoms. The summed E-state index contributed by atoms with van der Waals surface area (Å²) in [6, 6.07) is 0.225. The van der Waals surface area contributed by atoms with Gasteiger partial charge in [0.1, 0.15) is 12.0 Å². The van der Waals surface area contributed by atoms with Crippen LogP contribution in [0.15, 0.2) is 28.9 Å². The number of hydrogen-bond acceptors (Lipinski definition) is 3. The van der Waals surface area contributed by atoms with E-state index in [-0.39, 0.29) is 6.01 Å². The Morgan fingerprint density at radius 2 is 2.46 bits per heavy atom. The van der Waals surface area contributed by atoms with Gasteiger partial charge in [-0.25, -0.2) is 0 Å². The van der Waals surface area contributed by atoms with Gasteiger partial charge >= 0.3 is 0 Å². The lowest BCUT2D eigenvalue weighted by molar-refractivity contribution is 0.580.